The topological polar surface area (TPSA) is 58.6 Å². The molecular formula is C13H22N2O3. The summed E-state index contributed by atoms with van der Waals surface area (Å²) in [6.45, 7) is 10.2. The first-order chi connectivity index (χ1) is 8.31. The van der Waals surface area contributed by atoms with Crippen LogP contribution in [0.5, 0.6) is 0 Å². The predicted molar refractivity (Wildman–Crippen MR) is 69.2 cm³/mol. The standard InChI is InChI=1S/C13H22N2O3/c1-5-11(16)15-8-6-10(7-9-15)14-12(17)18-13(2,3)4/h5,10H,1,6-9H2,2-4H3,(H,14,17). The van der Waals surface area contributed by atoms with Gasteiger partial charge in [0.15, 0.2) is 0 Å². The van der Waals surface area contributed by atoms with Gasteiger partial charge in [-0.15, -0.1) is 0 Å². The molecule has 18 heavy (non-hydrogen) atoms. The molecule has 0 bridgehead atoms. The molecule has 1 N–H and O–H groups in total. The van der Waals surface area contributed by atoms with Crippen LogP contribution in [0.1, 0.15) is 33.6 Å². The summed E-state index contributed by atoms with van der Waals surface area (Å²) in [4.78, 5) is 24.7. The molecule has 2 amide bonds. The lowest BCUT2D eigenvalue weighted by atomic mass is 10.1. The Morgan fingerprint density at radius 1 is 1.33 bits per heavy atom. The molecule has 1 aliphatic heterocycles. The van der Waals surface area contributed by atoms with E-state index in [1.54, 1.807) is 4.90 Å². The number of hydrogen-bond donors (Lipinski definition) is 1. The van der Waals surface area contributed by atoms with Crippen LogP contribution >= 0.6 is 0 Å². The Hall–Kier alpha value is -1.52. The predicted octanol–water partition coefficient (Wildman–Crippen LogP) is 1.69. The van der Waals surface area contributed by atoms with E-state index < -0.39 is 11.7 Å². The van der Waals surface area contributed by atoms with Crippen molar-refractivity contribution in [2.24, 2.45) is 0 Å². The molecule has 1 heterocycles. The number of nitrogens with zero attached hydrogens (tertiary/aromatic N) is 1. The number of piperidine rings is 1. The molecule has 0 unspecified atom stereocenters. The van der Waals surface area contributed by atoms with Gasteiger partial charge < -0.3 is 15.0 Å². The van der Waals surface area contributed by atoms with E-state index in [4.69, 9.17) is 4.74 Å². The Morgan fingerprint density at radius 2 is 1.89 bits per heavy atom. The zero-order valence-corrected chi connectivity index (χ0v) is 11.4. The number of nitrogens with one attached hydrogen (secondary N) is 1. The molecular weight excluding hydrogens is 232 g/mol. The van der Waals surface area contributed by atoms with Gasteiger partial charge in [0.1, 0.15) is 5.60 Å². The first-order valence-corrected chi connectivity index (χ1v) is 6.22. The summed E-state index contributed by atoms with van der Waals surface area (Å²) < 4.78 is 5.19. The fraction of sp³-hybridized carbons (Fsp3) is 0.692. The van der Waals surface area contributed by atoms with E-state index in [0.29, 0.717) is 13.1 Å². The number of carbonyl (C=O) groups excluding carboxylic acids is 2. The van der Waals surface area contributed by atoms with E-state index in [2.05, 4.69) is 11.9 Å². The third-order valence-corrected chi connectivity index (χ3v) is 2.70. The average Bonchev–Trinajstić information content (AvgIpc) is 2.26. The van der Waals surface area contributed by atoms with E-state index in [9.17, 15) is 9.59 Å². The van der Waals surface area contributed by atoms with Crippen LogP contribution < -0.4 is 5.32 Å². The van der Waals surface area contributed by atoms with Crippen molar-refractivity contribution in [3.05, 3.63) is 12.7 Å². The maximum Gasteiger partial charge on any atom is 0.407 e. The lowest BCUT2D eigenvalue weighted by molar-refractivity contribution is -0.127. The molecule has 1 fully saturated rings. The molecule has 0 aromatic rings. The van der Waals surface area contributed by atoms with E-state index >= 15 is 0 Å². The Morgan fingerprint density at radius 3 is 2.33 bits per heavy atom. The number of alkyl carbamates (subject to hydrolysis) is 1. The molecule has 5 nitrogen and oxygen atoms in total. The summed E-state index contributed by atoms with van der Waals surface area (Å²) in [6.07, 6.45) is 2.43. The Balaban J connectivity index is 2.33. The second-order valence-electron chi connectivity index (χ2n) is 5.45. The van der Waals surface area contributed by atoms with Gasteiger partial charge in [-0.25, -0.2) is 4.79 Å². The fourth-order valence-corrected chi connectivity index (χ4v) is 1.85. The Labute approximate surface area is 108 Å². The maximum absolute atomic E-state index is 11.6. The van der Waals surface area contributed by atoms with Crippen LogP contribution in [-0.4, -0.2) is 41.6 Å². The van der Waals surface area contributed by atoms with Crippen LogP contribution in [0.15, 0.2) is 12.7 Å². The zero-order chi connectivity index (χ0) is 13.8. The number of carbonyl (C=O) groups is 2. The molecule has 0 aliphatic carbocycles. The largest absolute Gasteiger partial charge is 0.444 e. The molecule has 0 aromatic carbocycles. The van der Waals surface area contributed by atoms with Gasteiger partial charge in [0, 0.05) is 19.1 Å². The normalized spacial score (nSPS) is 17.2. The van der Waals surface area contributed by atoms with Crippen LogP contribution in [-0.2, 0) is 9.53 Å². The molecule has 0 aromatic heterocycles. The van der Waals surface area contributed by atoms with Gasteiger partial charge in [-0.2, -0.15) is 0 Å². The summed E-state index contributed by atoms with van der Waals surface area (Å²) in [5.74, 6) is -0.0503. The van der Waals surface area contributed by atoms with Gasteiger partial charge in [-0.05, 0) is 39.7 Å². The fourth-order valence-electron chi connectivity index (χ4n) is 1.85. The van der Waals surface area contributed by atoms with Crippen molar-refractivity contribution in [1.82, 2.24) is 10.2 Å². The number of amides is 2. The van der Waals surface area contributed by atoms with Crippen LogP contribution in [0.25, 0.3) is 0 Å². The Kier molecular flexibility index (Phi) is 4.76. The van der Waals surface area contributed by atoms with Crippen LogP contribution in [0, 0.1) is 0 Å². The van der Waals surface area contributed by atoms with Crippen molar-refractivity contribution in [3.8, 4) is 0 Å². The summed E-state index contributed by atoms with van der Waals surface area (Å²) >= 11 is 0. The van der Waals surface area contributed by atoms with Gasteiger partial charge in [0.05, 0.1) is 0 Å². The number of rotatable bonds is 2. The molecule has 1 saturated heterocycles. The molecule has 0 radical (unpaired) electrons. The Bertz CT molecular complexity index is 326. The third-order valence-electron chi connectivity index (χ3n) is 2.70. The molecule has 102 valence electrons. The number of likely N-dealkylation sites (tertiary alicyclic amines) is 1. The lowest BCUT2D eigenvalue weighted by Gasteiger charge is -2.32. The van der Waals surface area contributed by atoms with E-state index in [0.717, 1.165) is 12.8 Å². The third kappa shape index (κ3) is 4.77. The minimum absolute atomic E-state index is 0.0503. The zero-order valence-electron chi connectivity index (χ0n) is 11.4. The molecule has 5 heteroatoms. The van der Waals surface area contributed by atoms with Crippen molar-refractivity contribution in [3.63, 3.8) is 0 Å². The summed E-state index contributed by atoms with van der Waals surface area (Å²) in [7, 11) is 0. The van der Waals surface area contributed by atoms with Gasteiger partial charge in [-0.3, -0.25) is 4.79 Å². The summed E-state index contributed by atoms with van der Waals surface area (Å²) in [6, 6.07) is 0.0775. The maximum atomic E-state index is 11.6. The van der Waals surface area contributed by atoms with Crippen molar-refractivity contribution < 1.29 is 14.3 Å². The minimum atomic E-state index is -0.483. The van der Waals surface area contributed by atoms with Crippen molar-refractivity contribution >= 4 is 12.0 Å². The molecule has 1 rings (SSSR count). The lowest BCUT2D eigenvalue weighted by Crippen LogP contribution is -2.47. The summed E-state index contributed by atoms with van der Waals surface area (Å²) in [5.41, 5.74) is -0.483. The van der Waals surface area contributed by atoms with E-state index in [-0.39, 0.29) is 11.9 Å². The van der Waals surface area contributed by atoms with Gasteiger partial charge >= 0.3 is 6.09 Å². The van der Waals surface area contributed by atoms with Gasteiger partial charge in [0.25, 0.3) is 0 Å². The molecule has 1 aliphatic rings. The first-order valence-electron chi connectivity index (χ1n) is 6.22. The molecule has 0 spiro atoms. The second-order valence-corrected chi connectivity index (χ2v) is 5.45. The first kappa shape index (κ1) is 14.5. The van der Waals surface area contributed by atoms with Crippen LogP contribution in [0.2, 0.25) is 0 Å². The van der Waals surface area contributed by atoms with Crippen molar-refractivity contribution in [2.75, 3.05) is 13.1 Å². The summed E-state index contributed by atoms with van der Waals surface area (Å²) in [5, 5.41) is 2.83. The highest BCUT2D eigenvalue weighted by atomic mass is 16.6. The minimum Gasteiger partial charge on any atom is -0.444 e. The smallest absolute Gasteiger partial charge is 0.407 e. The van der Waals surface area contributed by atoms with Crippen molar-refractivity contribution in [1.29, 1.82) is 0 Å². The van der Waals surface area contributed by atoms with E-state index in [1.807, 2.05) is 20.8 Å². The van der Waals surface area contributed by atoms with Gasteiger partial charge in [0.2, 0.25) is 5.91 Å². The van der Waals surface area contributed by atoms with Crippen molar-refractivity contribution in [2.45, 2.75) is 45.3 Å². The highest BCUT2D eigenvalue weighted by Gasteiger charge is 2.24. The van der Waals surface area contributed by atoms with Crippen LogP contribution in [0.4, 0.5) is 4.79 Å². The molecule has 0 saturated carbocycles. The van der Waals surface area contributed by atoms with E-state index in [1.165, 1.54) is 6.08 Å². The average molecular weight is 254 g/mol. The quantitative estimate of drug-likeness (QED) is 0.763. The highest BCUT2D eigenvalue weighted by Crippen LogP contribution is 2.12. The number of hydrogen-bond acceptors (Lipinski definition) is 3. The highest BCUT2D eigenvalue weighted by molar-refractivity contribution is 5.87. The SMILES string of the molecule is C=CC(=O)N1CCC(NC(=O)OC(C)(C)C)CC1. The monoisotopic (exact) mass is 254 g/mol. The number of ether oxygens (including phenoxy) is 1. The van der Waals surface area contributed by atoms with Gasteiger partial charge in [-0.1, -0.05) is 6.58 Å². The molecule has 0 atom stereocenters. The van der Waals surface area contributed by atoms with Crippen LogP contribution in [0.3, 0.4) is 0 Å². The second kappa shape index (κ2) is 5.89.